The van der Waals surface area contributed by atoms with Crippen LogP contribution in [0, 0.1) is 5.92 Å². The second-order valence-corrected chi connectivity index (χ2v) is 13.1. The number of amides is 2. The number of aromatic amines is 1. The summed E-state index contributed by atoms with van der Waals surface area (Å²) >= 11 is 6.55. The van der Waals surface area contributed by atoms with E-state index in [2.05, 4.69) is 20.5 Å². The number of phenolic OH excluding ortho intramolecular Hbond substituents is 1. The van der Waals surface area contributed by atoms with Crippen LogP contribution in [0.2, 0.25) is 5.02 Å². The number of H-pyrrole nitrogens is 1. The summed E-state index contributed by atoms with van der Waals surface area (Å²) in [5.74, 6) is -0.676. The van der Waals surface area contributed by atoms with Gasteiger partial charge in [0.2, 0.25) is 17.4 Å². The van der Waals surface area contributed by atoms with E-state index in [1.807, 2.05) is 66.7 Å². The number of aromatic hydroxyl groups is 1. The molecule has 258 valence electrons. The molecule has 1 saturated heterocycles. The minimum atomic E-state index is -0.983. The highest BCUT2D eigenvalue weighted by Gasteiger charge is 2.49. The molecule has 10 nitrogen and oxygen atoms in total. The summed E-state index contributed by atoms with van der Waals surface area (Å²) in [7, 11) is 0. The number of nitrogens with one attached hydrogen (secondary N) is 3. The normalized spacial score (nSPS) is 15.6. The Morgan fingerprint density at radius 2 is 1.68 bits per heavy atom. The first kappa shape index (κ1) is 34.8. The number of nitrogens with two attached hydrogens (primary N) is 1. The number of aliphatic hydroxyl groups excluding tert-OH is 1. The van der Waals surface area contributed by atoms with E-state index in [9.17, 15) is 24.6 Å². The quantitative estimate of drug-likeness (QED) is 0.103. The number of anilines is 1. The first-order valence-electron chi connectivity index (χ1n) is 16.6. The average molecular weight is 694 g/mol. The Kier molecular flexibility index (Phi) is 10.6. The Morgan fingerprint density at radius 3 is 2.34 bits per heavy atom. The Bertz CT molecular complexity index is 2000. The molecular formula is C39H40ClN5O5. The number of aliphatic hydroxyl groups is 1. The number of carbonyl (C=O) groups is 2. The van der Waals surface area contributed by atoms with Gasteiger partial charge < -0.3 is 36.5 Å². The molecule has 1 fully saturated rings. The number of benzene rings is 4. The highest BCUT2D eigenvalue weighted by Crippen LogP contribution is 2.43. The number of halogens is 1. The third kappa shape index (κ3) is 7.29. The molecular weight excluding hydrogens is 654 g/mol. The van der Waals surface area contributed by atoms with Gasteiger partial charge in [0.05, 0.1) is 22.3 Å². The lowest BCUT2D eigenvalue weighted by Crippen LogP contribution is -2.49. The van der Waals surface area contributed by atoms with Crippen LogP contribution in [0.25, 0.3) is 10.9 Å². The number of carbonyl (C=O) groups excluding carboxylic acids is 2. The molecule has 1 aliphatic heterocycles. The van der Waals surface area contributed by atoms with E-state index in [0.29, 0.717) is 41.3 Å². The number of primary amides is 1. The van der Waals surface area contributed by atoms with Gasteiger partial charge in [-0.2, -0.15) is 0 Å². The molecule has 0 saturated carbocycles. The lowest BCUT2D eigenvalue weighted by Gasteiger charge is -2.37. The second-order valence-electron chi connectivity index (χ2n) is 12.7. The highest BCUT2D eigenvalue weighted by molar-refractivity contribution is 6.33. The molecule has 50 heavy (non-hydrogen) atoms. The van der Waals surface area contributed by atoms with Crippen molar-refractivity contribution in [2.24, 2.45) is 11.7 Å². The maximum absolute atomic E-state index is 13.3. The van der Waals surface area contributed by atoms with Crippen molar-refractivity contribution in [2.75, 3.05) is 31.5 Å². The maximum atomic E-state index is 13.3. The number of fused-ring (bicyclic) bond motifs is 1. The van der Waals surface area contributed by atoms with Crippen LogP contribution < -0.4 is 21.9 Å². The van der Waals surface area contributed by atoms with E-state index in [1.54, 1.807) is 24.3 Å². The Hall–Kier alpha value is -5.00. The molecule has 1 aromatic heterocycles. The van der Waals surface area contributed by atoms with E-state index < -0.39 is 11.5 Å². The molecule has 6 rings (SSSR count). The number of pyridine rings is 1. The van der Waals surface area contributed by atoms with E-state index in [-0.39, 0.29) is 47.5 Å². The predicted octanol–water partition coefficient (Wildman–Crippen LogP) is 4.83. The summed E-state index contributed by atoms with van der Waals surface area (Å²) < 4.78 is 0. The van der Waals surface area contributed by atoms with Gasteiger partial charge in [-0.25, -0.2) is 0 Å². The monoisotopic (exact) mass is 693 g/mol. The van der Waals surface area contributed by atoms with Crippen LogP contribution in [-0.4, -0.2) is 58.1 Å². The fraction of sp³-hybridized carbons (Fsp3) is 0.256. The summed E-state index contributed by atoms with van der Waals surface area (Å²) in [5, 5.41) is 28.0. The number of likely N-dealkylation sites (tertiary alicyclic amines) is 1. The number of aromatic nitrogens is 1. The van der Waals surface area contributed by atoms with Gasteiger partial charge >= 0.3 is 0 Å². The highest BCUT2D eigenvalue weighted by atomic mass is 35.5. The summed E-state index contributed by atoms with van der Waals surface area (Å²) in [6.45, 7) is 2.51. The van der Waals surface area contributed by atoms with E-state index in [4.69, 9.17) is 17.3 Å². The summed E-state index contributed by atoms with van der Waals surface area (Å²) in [4.78, 5) is 42.9. The molecule has 0 spiro atoms. The maximum Gasteiger partial charge on any atom is 0.248 e. The number of hydrogen-bond acceptors (Lipinski definition) is 7. The van der Waals surface area contributed by atoms with Gasteiger partial charge in [-0.3, -0.25) is 14.4 Å². The third-order valence-electron chi connectivity index (χ3n) is 9.63. The van der Waals surface area contributed by atoms with Gasteiger partial charge in [-0.05, 0) is 65.4 Å². The van der Waals surface area contributed by atoms with Crippen LogP contribution in [0.3, 0.4) is 0 Å². The molecule has 0 radical (unpaired) electrons. The molecule has 0 aliphatic carbocycles. The molecule has 0 unspecified atom stereocenters. The van der Waals surface area contributed by atoms with E-state index >= 15 is 0 Å². The van der Waals surface area contributed by atoms with Crippen LogP contribution in [0.5, 0.6) is 5.75 Å². The molecule has 2 atom stereocenters. The van der Waals surface area contributed by atoms with Crippen molar-refractivity contribution in [3.63, 3.8) is 0 Å². The minimum Gasteiger partial charge on any atom is -0.506 e. The van der Waals surface area contributed by atoms with Crippen molar-refractivity contribution in [3.8, 4) is 5.75 Å². The molecule has 1 aliphatic rings. The first-order valence-corrected chi connectivity index (χ1v) is 17.0. The van der Waals surface area contributed by atoms with Gasteiger partial charge in [0, 0.05) is 44.1 Å². The van der Waals surface area contributed by atoms with Crippen LogP contribution in [-0.2, 0) is 21.5 Å². The van der Waals surface area contributed by atoms with Crippen molar-refractivity contribution in [1.82, 2.24) is 15.2 Å². The van der Waals surface area contributed by atoms with Crippen LogP contribution in [0.4, 0.5) is 5.69 Å². The van der Waals surface area contributed by atoms with Gasteiger partial charge in [0.25, 0.3) is 0 Å². The fourth-order valence-electron chi connectivity index (χ4n) is 7.17. The van der Waals surface area contributed by atoms with Crippen LogP contribution in [0.15, 0.2) is 108 Å². The topological polar surface area (TPSA) is 161 Å². The van der Waals surface area contributed by atoms with Crippen LogP contribution in [0.1, 0.15) is 41.2 Å². The Balaban J connectivity index is 1.02. The van der Waals surface area contributed by atoms with E-state index in [0.717, 1.165) is 29.7 Å². The van der Waals surface area contributed by atoms with Crippen molar-refractivity contribution in [3.05, 3.63) is 141 Å². The summed E-state index contributed by atoms with van der Waals surface area (Å²) in [6.07, 6.45) is 0.122. The Morgan fingerprint density at radius 1 is 0.980 bits per heavy atom. The van der Waals surface area contributed by atoms with Gasteiger partial charge in [0.15, 0.2) is 0 Å². The second kappa shape index (κ2) is 15.3. The number of rotatable bonds is 13. The largest absolute Gasteiger partial charge is 0.506 e. The number of hydrogen-bond donors (Lipinski definition) is 6. The number of nitrogens with zero attached hydrogens (tertiary/aromatic N) is 1. The SMILES string of the molecule is NC(=O)C(c1ccccc1)(c1ccccc1)[C@@H]1CCN(CCC(=O)Nc2ccc(CNC[C@@H](O)c3ccc(O)c4[nH]c(=O)ccc34)cc2Cl)C1. The lowest BCUT2D eigenvalue weighted by molar-refractivity contribution is -0.124. The molecule has 11 heteroatoms. The molecule has 7 N–H and O–H groups in total. The molecule has 0 bridgehead atoms. The molecule has 2 amide bonds. The smallest absolute Gasteiger partial charge is 0.248 e. The predicted molar refractivity (Wildman–Crippen MR) is 195 cm³/mol. The zero-order valence-corrected chi connectivity index (χ0v) is 28.2. The van der Waals surface area contributed by atoms with Crippen molar-refractivity contribution < 1.29 is 19.8 Å². The van der Waals surface area contributed by atoms with Crippen molar-refractivity contribution >= 4 is 40.0 Å². The van der Waals surface area contributed by atoms with Gasteiger partial charge in [-0.15, -0.1) is 0 Å². The molecule has 4 aromatic carbocycles. The standard InChI is InChI=1S/C39H40ClN5O5/c40-31-21-25(22-42-23-34(47)29-12-15-33(46)37-30(29)13-16-35(48)44-37)11-14-32(31)43-36(49)18-20-45-19-17-28(24-45)39(38(41)50,26-7-3-1-4-8-26)27-9-5-2-6-10-27/h1-16,21,28,34,42,46-47H,17-20,22-24H2,(H2,41,50)(H,43,49)(H,44,48)/t28-,34-/m1/s1. The Labute approximate surface area is 294 Å². The number of phenols is 1. The summed E-state index contributed by atoms with van der Waals surface area (Å²) in [5.41, 5.74) is 8.85. The first-order chi connectivity index (χ1) is 24.2. The van der Waals surface area contributed by atoms with Gasteiger partial charge in [-0.1, -0.05) is 84.4 Å². The summed E-state index contributed by atoms with van der Waals surface area (Å²) in [6, 6.07) is 30.8. The van der Waals surface area contributed by atoms with Crippen molar-refractivity contribution in [2.45, 2.75) is 30.9 Å². The molecule has 5 aromatic rings. The average Bonchev–Trinajstić information content (AvgIpc) is 3.59. The molecule has 2 heterocycles. The van der Waals surface area contributed by atoms with Gasteiger partial charge in [0.1, 0.15) is 11.2 Å². The van der Waals surface area contributed by atoms with E-state index in [1.165, 1.54) is 12.1 Å². The fourth-order valence-corrected chi connectivity index (χ4v) is 7.42. The van der Waals surface area contributed by atoms with Crippen LogP contribution >= 0.6 is 11.6 Å². The van der Waals surface area contributed by atoms with Crippen molar-refractivity contribution in [1.29, 1.82) is 0 Å². The minimum absolute atomic E-state index is 0.0597. The third-order valence-corrected chi connectivity index (χ3v) is 9.94. The lowest BCUT2D eigenvalue weighted by atomic mass is 9.64. The zero-order chi connectivity index (χ0) is 35.3. The zero-order valence-electron chi connectivity index (χ0n) is 27.4.